The number of nitrogens with two attached hydrogens (primary N) is 1. The number of hydrogen-bond acceptors (Lipinski definition) is 2. The van der Waals surface area contributed by atoms with Crippen LogP contribution in [0.4, 0.5) is 0 Å². The molecule has 3 nitrogen and oxygen atoms in total. The zero-order valence-electron chi connectivity index (χ0n) is 11.0. The predicted octanol–water partition coefficient (Wildman–Crippen LogP) is 3.00. The molecule has 0 fully saturated rings. The van der Waals surface area contributed by atoms with Gasteiger partial charge in [-0.15, -0.1) is 0 Å². The van der Waals surface area contributed by atoms with Crippen LogP contribution in [-0.4, -0.2) is 16.0 Å². The lowest BCUT2D eigenvalue weighted by Gasteiger charge is -2.35. The van der Waals surface area contributed by atoms with Crippen LogP contribution in [0.3, 0.4) is 0 Å². The number of imidazole rings is 1. The molecule has 1 heterocycles. The lowest BCUT2D eigenvalue weighted by Crippen LogP contribution is -2.46. The zero-order chi connectivity index (χ0) is 14.0. The molecule has 0 aliphatic heterocycles. The summed E-state index contributed by atoms with van der Waals surface area (Å²) < 4.78 is 0. The quantitative estimate of drug-likeness (QED) is 0.911. The van der Waals surface area contributed by atoms with E-state index in [0.717, 1.165) is 17.3 Å². The molecule has 1 aliphatic carbocycles. The zero-order valence-corrected chi connectivity index (χ0v) is 11.7. The Morgan fingerprint density at radius 1 is 1.25 bits per heavy atom. The topological polar surface area (TPSA) is 54.7 Å². The molecule has 0 spiro atoms. The number of nitrogens with zero attached hydrogens (tertiary/aromatic N) is 1. The van der Waals surface area contributed by atoms with Gasteiger partial charge < -0.3 is 10.7 Å². The van der Waals surface area contributed by atoms with Crippen LogP contribution in [0.1, 0.15) is 11.4 Å². The Hall–Kier alpha value is -1.84. The molecule has 3 N–H and O–H groups in total. The fourth-order valence-electron chi connectivity index (χ4n) is 2.65. The summed E-state index contributed by atoms with van der Waals surface area (Å²) in [7, 11) is 0. The number of H-pyrrole nitrogens is 1. The highest BCUT2D eigenvalue weighted by Crippen LogP contribution is 2.33. The first-order chi connectivity index (χ1) is 9.71. The van der Waals surface area contributed by atoms with Gasteiger partial charge in [-0.05, 0) is 24.1 Å². The second-order valence-electron chi connectivity index (χ2n) is 5.05. The summed E-state index contributed by atoms with van der Waals surface area (Å²) in [6.07, 6.45) is 12.5. The van der Waals surface area contributed by atoms with Gasteiger partial charge in [0.15, 0.2) is 0 Å². The Labute approximate surface area is 123 Å². The van der Waals surface area contributed by atoms with Crippen LogP contribution in [0.5, 0.6) is 0 Å². The molecule has 2 unspecified atom stereocenters. The van der Waals surface area contributed by atoms with E-state index in [0.29, 0.717) is 0 Å². The van der Waals surface area contributed by atoms with Gasteiger partial charge in [-0.2, -0.15) is 0 Å². The molecule has 0 radical (unpaired) electrons. The molecular formula is C16H16ClN3. The molecule has 3 rings (SSSR count). The van der Waals surface area contributed by atoms with Crippen molar-refractivity contribution in [1.82, 2.24) is 9.97 Å². The highest BCUT2D eigenvalue weighted by atomic mass is 35.5. The van der Waals surface area contributed by atoms with Gasteiger partial charge >= 0.3 is 0 Å². The van der Waals surface area contributed by atoms with E-state index in [1.54, 1.807) is 6.20 Å². The van der Waals surface area contributed by atoms with Crippen molar-refractivity contribution >= 4 is 11.6 Å². The SMILES string of the molecule is NC1C=CC=CC1(Cc1ccc(Cl)cc1)c1ncc[nH]1. The van der Waals surface area contributed by atoms with Gasteiger partial charge in [0.1, 0.15) is 5.82 Å². The Bertz CT molecular complexity index is 628. The summed E-state index contributed by atoms with van der Waals surface area (Å²) in [6.45, 7) is 0. The van der Waals surface area contributed by atoms with Crippen LogP contribution in [-0.2, 0) is 11.8 Å². The lowest BCUT2D eigenvalue weighted by atomic mass is 9.72. The maximum atomic E-state index is 6.36. The molecule has 0 bridgehead atoms. The fraction of sp³-hybridized carbons (Fsp3) is 0.188. The van der Waals surface area contributed by atoms with Gasteiger partial charge in [0.2, 0.25) is 0 Å². The number of allylic oxidation sites excluding steroid dienone is 2. The van der Waals surface area contributed by atoms with E-state index in [-0.39, 0.29) is 11.5 Å². The number of aromatic amines is 1. The Balaban J connectivity index is 2.01. The second-order valence-corrected chi connectivity index (χ2v) is 5.49. The van der Waals surface area contributed by atoms with E-state index in [1.807, 2.05) is 48.7 Å². The minimum Gasteiger partial charge on any atom is -0.348 e. The molecule has 1 aromatic heterocycles. The summed E-state index contributed by atoms with van der Waals surface area (Å²) in [6, 6.07) is 7.76. The van der Waals surface area contributed by atoms with Crippen molar-refractivity contribution < 1.29 is 0 Å². The van der Waals surface area contributed by atoms with Gasteiger partial charge in [0, 0.05) is 23.5 Å². The van der Waals surface area contributed by atoms with Crippen molar-refractivity contribution in [3.63, 3.8) is 0 Å². The number of nitrogens with one attached hydrogen (secondary N) is 1. The van der Waals surface area contributed by atoms with Crippen LogP contribution in [0.2, 0.25) is 5.02 Å². The van der Waals surface area contributed by atoms with E-state index >= 15 is 0 Å². The molecule has 1 aliphatic rings. The molecule has 2 aromatic rings. The molecule has 2 atom stereocenters. The van der Waals surface area contributed by atoms with Crippen LogP contribution in [0.25, 0.3) is 0 Å². The van der Waals surface area contributed by atoms with Crippen molar-refractivity contribution in [3.05, 3.63) is 77.4 Å². The number of rotatable bonds is 3. The normalized spacial score (nSPS) is 25.0. The smallest absolute Gasteiger partial charge is 0.118 e. The molecule has 4 heteroatoms. The largest absolute Gasteiger partial charge is 0.348 e. The lowest BCUT2D eigenvalue weighted by molar-refractivity contribution is 0.446. The first-order valence-corrected chi connectivity index (χ1v) is 6.94. The highest BCUT2D eigenvalue weighted by Gasteiger charge is 2.38. The van der Waals surface area contributed by atoms with Crippen molar-refractivity contribution in [2.45, 2.75) is 17.9 Å². The van der Waals surface area contributed by atoms with Crippen LogP contribution in [0, 0.1) is 0 Å². The summed E-state index contributed by atoms with van der Waals surface area (Å²) in [5.74, 6) is 0.889. The van der Waals surface area contributed by atoms with E-state index in [4.69, 9.17) is 17.3 Å². The first kappa shape index (κ1) is 13.2. The molecular weight excluding hydrogens is 270 g/mol. The third-order valence-corrected chi connectivity index (χ3v) is 4.02. The molecule has 0 saturated heterocycles. The summed E-state index contributed by atoms with van der Waals surface area (Å²) in [5.41, 5.74) is 7.20. The summed E-state index contributed by atoms with van der Waals surface area (Å²) in [5, 5.41) is 0.740. The van der Waals surface area contributed by atoms with E-state index in [9.17, 15) is 0 Å². The number of aromatic nitrogens is 2. The Kier molecular flexibility index (Phi) is 3.47. The van der Waals surface area contributed by atoms with Crippen LogP contribution in [0.15, 0.2) is 61.0 Å². The maximum absolute atomic E-state index is 6.36. The third kappa shape index (κ3) is 2.30. The van der Waals surface area contributed by atoms with E-state index in [2.05, 4.69) is 16.0 Å². The van der Waals surface area contributed by atoms with Gasteiger partial charge in [0.05, 0.1) is 5.41 Å². The monoisotopic (exact) mass is 285 g/mol. The van der Waals surface area contributed by atoms with Crippen molar-refractivity contribution in [2.75, 3.05) is 0 Å². The van der Waals surface area contributed by atoms with Gasteiger partial charge in [-0.25, -0.2) is 4.98 Å². The number of halogens is 1. The second kappa shape index (κ2) is 5.27. The van der Waals surface area contributed by atoms with Gasteiger partial charge in [0.25, 0.3) is 0 Å². The fourth-order valence-corrected chi connectivity index (χ4v) is 2.78. The standard InChI is InChI=1S/C16H16ClN3/c17-13-6-4-12(5-7-13)11-16(15-19-9-10-20-15)8-2-1-3-14(16)18/h1-10,14H,11,18H2,(H,19,20). The Morgan fingerprint density at radius 2 is 2.05 bits per heavy atom. The highest BCUT2D eigenvalue weighted by molar-refractivity contribution is 6.30. The average Bonchev–Trinajstić information content (AvgIpc) is 2.99. The predicted molar refractivity (Wildman–Crippen MR) is 81.7 cm³/mol. The van der Waals surface area contributed by atoms with Gasteiger partial charge in [-0.3, -0.25) is 0 Å². The van der Waals surface area contributed by atoms with Crippen molar-refractivity contribution in [3.8, 4) is 0 Å². The summed E-state index contributed by atoms with van der Waals surface area (Å²) in [4.78, 5) is 7.64. The van der Waals surface area contributed by atoms with E-state index in [1.165, 1.54) is 5.56 Å². The van der Waals surface area contributed by atoms with Gasteiger partial charge in [-0.1, -0.05) is 48.0 Å². The molecule has 0 amide bonds. The molecule has 0 saturated carbocycles. The number of benzene rings is 1. The minimum atomic E-state index is -0.341. The first-order valence-electron chi connectivity index (χ1n) is 6.57. The molecule has 20 heavy (non-hydrogen) atoms. The third-order valence-electron chi connectivity index (χ3n) is 3.77. The number of hydrogen-bond donors (Lipinski definition) is 2. The van der Waals surface area contributed by atoms with Crippen molar-refractivity contribution in [1.29, 1.82) is 0 Å². The van der Waals surface area contributed by atoms with Crippen LogP contribution < -0.4 is 5.73 Å². The average molecular weight is 286 g/mol. The van der Waals surface area contributed by atoms with Crippen molar-refractivity contribution in [2.24, 2.45) is 5.73 Å². The molecule has 102 valence electrons. The van der Waals surface area contributed by atoms with E-state index < -0.39 is 0 Å². The minimum absolute atomic E-state index is 0.116. The summed E-state index contributed by atoms with van der Waals surface area (Å²) >= 11 is 5.95. The van der Waals surface area contributed by atoms with Crippen LogP contribution >= 0.6 is 11.6 Å². The molecule has 1 aromatic carbocycles. The maximum Gasteiger partial charge on any atom is 0.118 e. The Morgan fingerprint density at radius 3 is 2.70 bits per heavy atom.